The average Bonchev–Trinajstić information content (AvgIpc) is 2.87. The van der Waals surface area contributed by atoms with Crippen molar-refractivity contribution < 1.29 is 23.8 Å². The van der Waals surface area contributed by atoms with E-state index in [2.05, 4.69) is 9.97 Å². The molecule has 3 aromatic carbocycles. The number of carbonyl (C=O) groups is 1. The Morgan fingerprint density at radius 1 is 0.972 bits per heavy atom. The van der Waals surface area contributed by atoms with E-state index in [0.717, 1.165) is 22.3 Å². The quantitative estimate of drug-likeness (QED) is 0.314. The number of halogens is 1. The summed E-state index contributed by atoms with van der Waals surface area (Å²) >= 11 is 0. The van der Waals surface area contributed by atoms with Gasteiger partial charge in [-0.05, 0) is 60.0 Å². The molecule has 0 radical (unpaired) electrons. The van der Waals surface area contributed by atoms with Crippen molar-refractivity contribution in [1.29, 1.82) is 0 Å². The van der Waals surface area contributed by atoms with Crippen LogP contribution in [0.4, 0.5) is 10.3 Å². The lowest BCUT2D eigenvalue weighted by atomic mass is 10.0. The number of carboxylic acid groups (broad SMARTS) is 1. The van der Waals surface area contributed by atoms with E-state index in [1.54, 1.807) is 36.4 Å². The average molecular weight is 489 g/mol. The Kier molecular flexibility index (Phi) is 7.41. The van der Waals surface area contributed by atoms with Crippen LogP contribution in [0.2, 0.25) is 0 Å². The molecular weight excluding hydrogens is 463 g/mol. The van der Waals surface area contributed by atoms with E-state index < -0.39 is 12.0 Å². The Balaban J connectivity index is 1.45. The van der Waals surface area contributed by atoms with Crippen molar-refractivity contribution in [1.82, 2.24) is 9.97 Å². The first-order valence-corrected chi connectivity index (χ1v) is 11.2. The molecule has 1 heterocycles. The summed E-state index contributed by atoms with van der Waals surface area (Å²) in [7, 11) is 0. The predicted molar refractivity (Wildman–Crippen MR) is 134 cm³/mol. The van der Waals surface area contributed by atoms with Crippen LogP contribution >= 0.6 is 0 Å². The number of hydrogen-bond acceptors (Lipinski definition) is 7. The van der Waals surface area contributed by atoms with Crippen LogP contribution in [0.25, 0.3) is 22.4 Å². The zero-order chi connectivity index (χ0) is 25.7. The number of benzene rings is 3. The van der Waals surface area contributed by atoms with Crippen LogP contribution in [0.1, 0.15) is 18.6 Å². The molecule has 8 nitrogen and oxygen atoms in total. The van der Waals surface area contributed by atoms with E-state index in [4.69, 9.17) is 26.0 Å². The number of ether oxygens (including phenoxy) is 2. The van der Waals surface area contributed by atoms with Gasteiger partial charge in [0.2, 0.25) is 11.8 Å². The van der Waals surface area contributed by atoms with Gasteiger partial charge in [0.1, 0.15) is 30.3 Å². The Labute approximate surface area is 207 Å². The monoisotopic (exact) mass is 488 g/mol. The lowest BCUT2D eigenvalue weighted by Crippen LogP contribution is -2.36. The van der Waals surface area contributed by atoms with Crippen LogP contribution in [-0.2, 0) is 4.79 Å². The first kappa shape index (κ1) is 24.6. The molecule has 2 unspecified atom stereocenters. The third-order valence-electron chi connectivity index (χ3n) is 5.45. The van der Waals surface area contributed by atoms with E-state index in [1.165, 1.54) is 12.1 Å². The molecule has 0 aliphatic rings. The van der Waals surface area contributed by atoms with E-state index >= 15 is 0 Å². The summed E-state index contributed by atoms with van der Waals surface area (Å²) in [6, 6.07) is 21.6. The molecule has 0 bridgehead atoms. The SMILES string of the molecule is CC(Oc1cc(-c2ccc(OCC(N)C(=O)O)cc2)nc(N)n1)c1ccc(-c2cccc(F)c2)cc1. The molecular formula is C27H25FN4O4. The fourth-order valence-electron chi connectivity index (χ4n) is 3.49. The molecule has 0 aliphatic heterocycles. The standard InChI is InChI=1S/C27H25FN4O4/c1-16(17-5-7-18(8-6-17)20-3-2-4-21(28)13-20)36-25-14-24(31-27(30)32-25)19-9-11-22(12-10-19)35-15-23(29)26(33)34/h2-14,16,23H,15,29H2,1H3,(H,33,34)(H2,30,31,32). The molecule has 0 saturated carbocycles. The van der Waals surface area contributed by atoms with Crippen molar-refractivity contribution in [3.63, 3.8) is 0 Å². The molecule has 0 amide bonds. The van der Waals surface area contributed by atoms with Crippen LogP contribution in [0.15, 0.2) is 78.9 Å². The molecule has 4 aromatic rings. The summed E-state index contributed by atoms with van der Waals surface area (Å²) < 4.78 is 25.0. The molecule has 0 fully saturated rings. The first-order chi connectivity index (χ1) is 17.3. The number of nitrogens with two attached hydrogens (primary N) is 2. The van der Waals surface area contributed by atoms with Gasteiger partial charge in [-0.2, -0.15) is 4.98 Å². The summed E-state index contributed by atoms with van der Waals surface area (Å²) in [5, 5.41) is 8.85. The maximum Gasteiger partial charge on any atom is 0.324 e. The molecule has 4 rings (SSSR count). The topological polar surface area (TPSA) is 134 Å². The largest absolute Gasteiger partial charge is 0.491 e. The van der Waals surface area contributed by atoms with Crippen molar-refractivity contribution in [2.24, 2.45) is 5.73 Å². The van der Waals surface area contributed by atoms with E-state index in [9.17, 15) is 9.18 Å². The number of anilines is 1. The van der Waals surface area contributed by atoms with Gasteiger partial charge in [0.05, 0.1) is 5.69 Å². The van der Waals surface area contributed by atoms with Crippen molar-refractivity contribution in [2.45, 2.75) is 19.1 Å². The van der Waals surface area contributed by atoms with E-state index in [1.807, 2.05) is 37.3 Å². The van der Waals surface area contributed by atoms with Gasteiger partial charge in [0.15, 0.2) is 0 Å². The van der Waals surface area contributed by atoms with Crippen molar-refractivity contribution in [3.8, 4) is 34.0 Å². The van der Waals surface area contributed by atoms with Gasteiger partial charge in [-0.25, -0.2) is 9.37 Å². The molecule has 9 heteroatoms. The fourth-order valence-corrected chi connectivity index (χ4v) is 3.49. The summed E-state index contributed by atoms with van der Waals surface area (Å²) in [6.45, 7) is 1.75. The minimum absolute atomic E-state index is 0.0592. The highest BCUT2D eigenvalue weighted by Crippen LogP contribution is 2.28. The molecule has 1 aromatic heterocycles. The minimum Gasteiger partial charge on any atom is -0.491 e. The molecule has 2 atom stereocenters. The van der Waals surface area contributed by atoms with Gasteiger partial charge < -0.3 is 26.0 Å². The number of nitrogen functional groups attached to an aromatic ring is 1. The Morgan fingerprint density at radius 2 is 1.67 bits per heavy atom. The third kappa shape index (κ3) is 6.13. The number of aliphatic carboxylic acids is 1. The molecule has 5 N–H and O–H groups in total. The fraction of sp³-hybridized carbons (Fsp3) is 0.148. The zero-order valence-electron chi connectivity index (χ0n) is 19.5. The summed E-state index contributed by atoms with van der Waals surface area (Å²) in [4.78, 5) is 19.3. The Hall–Kier alpha value is -4.50. The summed E-state index contributed by atoms with van der Waals surface area (Å²) in [6.07, 6.45) is -0.331. The first-order valence-electron chi connectivity index (χ1n) is 11.2. The molecule has 0 spiro atoms. The van der Waals surface area contributed by atoms with Crippen LogP contribution in [0.3, 0.4) is 0 Å². The minimum atomic E-state index is -1.13. The lowest BCUT2D eigenvalue weighted by molar-refractivity contribution is -0.139. The normalized spacial score (nSPS) is 12.5. The van der Waals surface area contributed by atoms with Gasteiger partial charge in [0, 0.05) is 11.6 Å². The number of hydrogen-bond donors (Lipinski definition) is 3. The van der Waals surface area contributed by atoms with E-state index in [-0.39, 0.29) is 24.5 Å². The van der Waals surface area contributed by atoms with Gasteiger partial charge in [-0.1, -0.05) is 36.4 Å². The Morgan fingerprint density at radius 3 is 2.33 bits per heavy atom. The second-order valence-corrected chi connectivity index (χ2v) is 8.12. The van der Waals surface area contributed by atoms with Crippen LogP contribution in [-0.4, -0.2) is 33.7 Å². The lowest BCUT2D eigenvalue weighted by Gasteiger charge is -2.16. The highest BCUT2D eigenvalue weighted by Gasteiger charge is 2.14. The van der Waals surface area contributed by atoms with Crippen LogP contribution < -0.4 is 20.9 Å². The molecule has 36 heavy (non-hydrogen) atoms. The van der Waals surface area contributed by atoms with Crippen molar-refractivity contribution in [3.05, 3.63) is 90.2 Å². The van der Waals surface area contributed by atoms with Gasteiger partial charge in [-0.15, -0.1) is 0 Å². The van der Waals surface area contributed by atoms with E-state index in [0.29, 0.717) is 17.3 Å². The number of rotatable bonds is 9. The predicted octanol–water partition coefficient (Wildman–Crippen LogP) is 4.46. The van der Waals surface area contributed by atoms with Gasteiger partial charge in [-0.3, -0.25) is 4.79 Å². The number of carboxylic acids is 1. The maximum atomic E-state index is 13.5. The zero-order valence-corrected chi connectivity index (χ0v) is 19.5. The highest BCUT2D eigenvalue weighted by molar-refractivity contribution is 5.73. The second kappa shape index (κ2) is 10.8. The highest BCUT2D eigenvalue weighted by atomic mass is 19.1. The number of nitrogens with zero attached hydrogens (tertiary/aromatic N) is 2. The van der Waals surface area contributed by atoms with Crippen LogP contribution in [0.5, 0.6) is 11.6 Å². The van der Waals surface area contributed by atoms with Crippen molar-refractivity contribution >= 4 is 11.9 Å². The summed E-state index contributed by atoms with van der Waals surface area (Å²) in [5.41, 5.74) is 15.3. The Bertz CT molecular complexity index is 1350. The molecule has 184 valence electrons. The van der Waals surface area contributed by atoms with Gasteiger partial charge >= 0.3 is 5.97 Å². The van der Waals surface area contributed by atoms with Gasteiger partial charge in [0.25, 0.3) is 0 Å². The number of aromatic nitrogens is 2. The molecule has 0 saturated heterocycles. The smallest absolute Gasteiger partial charge is 0.324 e. The third-order valence-corrected chi connectivity index (χ3v) is 5.45. The summed E-state index contributed by atoms with van der Waals surface area (Å²) in [5.74, 6) is -0.567. The van der Waals surface area contributed by atoms with Crippen molar-refractivity contribution in [2.75, 3.05) is 12.3 Å². The molecule has 0 aliphatic carbocycles. The maximum absolute atomic E-state index is 13.5. The van der Waals surface area contributed by atoms with Crippen LogP contribution in [0, 0.1) is 5.82 Å². The second-order valence-electron chi connectivity index (χ2n) is 8.12.